The molecule has 0 N–H and O–H groups in total. The maximum atomic E-state index is 9.40. The third-order valence-electron chi connectivity index (χ3n) is 18.4. The van der Waals surface area contributed by atoms with Gasteiger partial charge in [0.1, 0.15) is 0 Å². The van der Waals surface area contributed by atoms with Gasteiger partial charge in [-0.3, -0.25) is 0 Å². The number of rotatable bonds is 6. The fraction of sp³-hybridized carbons (Fsp3) is 0.342. The van der Waals surface area contributed by atoms with Crippen molar-refractivity contribution in [2.75, 3.05) is 14.7 Å². The molecule has 0 radical (unpaired) electrons. The van der Waals surface area contributed by atoms with Crippen molar-refractivity contribution in [1.82, 2.24) is 0 Å². The summed E-state index contributed by atoms with van der Waals surface area (Å²) in [5.74, 6) is 0. The highest BCUT2D eigenvalue weighted by molar-refractivity contribution is 7.00. The largest absolute Gasteiger partial charge is 0.311 e. The second kappa shape index (κ2) is 17.4. The van der Waals surface area contributed by atoms with Crippen molar-refractivity contribution >= 4 is 74.3 Å². The number of fused-ring (bicyclic) bond motifs is 6. The number of benzene rings is 8. The number of nitrogens with zero attached hydrogens (tertiary/aromatic N) is 3. The summed E-state index contributed by atoms with van der Waals surface area (Å²) in [5.41, 5.74) is 24.2. The average Bonchev–Trinajstić information content (AvgIpc) is 3.77. The number of para-hydroxylation sites is 2. The molecule has 3 nitrogen and oxygen atoms in total. The molecule has 0 fully saturated rings. The molecule has 77 heavy (non-hydrogen) atoms. The van der Waals surface area contributed by atoms with E-state index in [4.69, 9.17) is 0 Å². The fourth-order valence-electron chi connectivity index (χ4n) is 14.3. The Morgan fingerprint density at radius 2 is 0.987 bits per heavy atom. The average molecular weight is 1010 g/mol. The first-order valence-electron chi connectivity index (χ1n) is 29.9. The lowest BCUT2D eigenvalue weighted by Gasteiger charge is -2.46. The zero-order chi connectivity index (χ0) is 57.0. The molecule has 12 rings (SSSR count). The lowest BCUT2D eigenvalue weighted by molar-refractivity contribution is 0.332. The van der Waals surface area contributed by atoms with Crippen LogP contribution in [0.1, 0.15) is 165 Å². The van der Waals surface area contributed by atoms with E-state index < -0.39 is 6.85 Å². The topological polar surface area (TPSA) is 9.72 Å². The molecule has 4 aliphatic rings. The highest BCUT2D eigenvalue weighted by Gasteiger charge is 2.49. The maximum Gasteiger partial charge on any atom is 0.252 e. The minimum absolute atomic E-state index is 0.00118. The Morgan fingerprint density at radius 3 is 1.57 bits per heavy atom. The van der Waals surface area contributed by atoms with E-state index in [2.05, 4.69) is 264 Å². The van der Waals surface area contributed by atoms with E-state index >= 15 is 0 Å². The number of aryl methyl sites for hydroxylation is 2. The van der Waals surface area contributed by atoms with Gasteiger partial charge in [-0.2, -0.15) is 0 Å². The minimum Gasteiger partial charge on any atom is -0.311 e. The van der Waals surface area contributed by atoms with Crippen LogP contribution < -0.4 is 31.1 Å². The molecular formula is C73H80BN3. The van der Waals surface area contributed by atoms with Crippen LogP contribution in [0, 0.1) is 13.8 Å². The lowest BCUT2D eigenvalue weighted by atomic mass is 9.33. The van der Waals surface area contributed by atoms with Crippen LogP contribution in [0.4, 0.5) is 51.2 Å². The van der Waals surface area contributed by atoms with Gasteiger partial charge >= 0.3 is 0 Å². The molecule has 2 heterocycles. The Labute approximate surface area is 466 Å². The third kappa shape index (κ3) is 8.29. The van der Waals surface area contributed by atoms with Crippen LogP contribution in [0.15, 0.2) is 158 Å². The van der Waals surface area contributed by atoms with Crippen LogP contribution in [0.2, 0.25) is 0 Å². The van der Waals surface area contributed by atoms with E-state index in [1.807, 2.05) is 12.1 Å². The van der Waals surface area contributed by atoms with E-state index in [1.54, 1.807) is 0 Å². The van der Waals surface area contributed by atoms with Gasteiger partial charge in [-0.1, -0.05) is 182 Å². The molecule has 0 spiro atoms. The standard InChI is InChI=1S/C73H80BN3/c1-46-37-65-67-66(38-46)77(62-34-29-50(69(6,7)8)41-54(62)48-27-31-55-56(40-48)71(11,12)36-35-70(55,9)10)64-44-58-57(72(13,14)45-73(58,15)16)43-60(64)74(67)59-32-30-53(75(51-23-19-17-20-24-51)52-25-21-18-22-26-52)42-63(59)76(65)61-33-28-49(39-47(61)2)68(3,4)5/h17-34,37-44H,35-36,45H2,1-16H3/i1D3. The van der Waals surface area contributed by atoms with Crippen LogP contribution >= 0.6 is 0 Å². The maximum absolute atomic E-state index is 9.40. The normalized spacial score (nSPS) is 18.0. The smallest absolute Gasteiger partial charge is 0.252 e. The summed E-state index contributed by atoms with van der Waals surface area (Å²) >= 11 is 0. The summed E-state index contributed by atoms with van der Waals surface area (Å²) in [6, 6.07) is 58.7. The Kier molecular flexibility index (Phi) is 10.7. The summed E-state index contributed by atoms with van der Waals surface area (Å²) in [6.07, 6.45) is 3.28. The molecule has 4 heteroatoms. The Hall–Kier alpha value is -6.78. The Bertz CT molecular complexity index is 3760. The van der Waals surface area contributed by atoms with Gasteiger partial charge in [0.25, 0.3) is 6.71 Å². The molecule has 2 aliphatic carbocycles. The fourth-order valence-corrected chi connectivity index (χ4v) is 14.3. The van der Waals surface area contributed by atoms with Gasteiger partial charge in [0.15, 0.2) is 0 Å². The predicted octanol–water partition coefficient (Wildman–Crippen LogP) is 18.4. The van der Waals surface area contributed by atoms with E-state index in [9.17, 15) is 4.11 Å². The summed E-state index contributed by atoms with van der Waals surface area (Å²) in [4.78, 5) is 7.25. The summed E-state index contributed by atoms with van der Waals surface area (Å²) in [5, 5.41) is 0. The highest BCUT2D eigenvalue weighted by Crippen LogP contribution is 2.55. The van der Waals surface area contributed by atoms with Crippen molar-refractivity contribution in [2.24, 2.45) is 0 Å². The van der Waals surface area contributed by atoms with Gasteiger partial charge in [0.05, 0.1) is 5.69 Å². The zero-order valence-corrected chi connectivity index (χ0v) is 48.6. The van der Waals surface area contributed by atoms with Crippen molar-refractivity contribution in [2.45, 2.75) is 162 Å². The van der Waals surface area contributed by atoms with Gasteiger partial charge in [-0.15, -0.1) is 0 Å². The van der Waals surface area contributed by atoms with E-state index in [-0.39, 0.29) is 39.2 Å². The Balaban J connectivity index is 1.21. The SMILES string of the molecule is [2H]C([2H])([2H])c1cc2c3c(c1)N(c1ccc(C(C)(C)C)cc1-c1ccc4c(c1)C(C)(C)CCC4(C)C)c1cc4c(cc1B3c1ccc(N(c3ccccc3)c3ccccc3)cc1N2c1ccc(C(C)(C)C)cc1C)C(C)(C)CC4(C)C. The summed E-state index contributed by atoms with van der Waals surface area (Å²) in [6.45, 7) is 32.6. The summed E-state index contributed by atoms with van der Waals surface area (Å²) in [7, 11) is 0. The Morgan fingerprint density at radius 1 is 0.455 bits per heavy atom. The lowest BCUT2D eigenvalue weighted by Crippen LogP contribution is -2.61. The monoisotopic (exact) mass is 1010 g/mol. The van der Waals surface area contributed by atoms with Crippen molar-refractivity contribution in [1.29, 1.82) is 0 Å². The first kappa shape index (κ1) is 47.4. The van der Waals surface area contributed by atoms with Crippen LogP contribution in [-0.4, -0.2) is 6.71 Å². The molecule has 8 aromatic rings. The third-order valence-corrected chi connectivity index (χ3v) is 18.4. The second-order valence-corrected chi connectivity index (χ2v) is 27.9. The van der Waals surface area contributed by atoms with Crippen LogP contribution in [0.3, 0.4) is 0 Å². The number of hydrogen-bond acceptors (Lipinski definition) is 3. The number of hydrogen-bond donors (Lipinski definition) is 0. The van der Waals surface area contributed by atoms with Gasteiger partial charge in [-0.25, -0.2) is 0 Å². The molecule has 0 unspecified atom stereocenters. The quantitative estimate of drug-likeness (QED) is 0.154. The van der Waals surface area contributed by atoms with E-state index in [0.29, 0.717) is 5.56 Å². The molecular weight excluding hydrogens is 930 g/mol. The molecule has 0 saturated carbocycles. The zero-order valence-electron chi connectivity index (χ0n) is 51.6. The van der Waals surface area contributed by atoms with Crippen molar-refractivity contribution in [3.8, 4) is 11.1 Å². The van der Waals surface area contributed by atoms with Crippen LogP contribution in [0.5, 0.6) is 0 Å². The molecule has 0 bridgehead atoms. The van der Waals surface area contributed by atoms with Gasteiger partial charge in [-0.05, 0) is 205 Å². The number of anilines is 9. The van der Waals surface area contributed by atoms with E-state index in [1.165, 1.54) is 49.9 Å². The second-order valence-electron chi connectivity index (χ2n) is 27.9. The first-order valence-corrected chi connectivity index (χ1v) is 28.4. The molecule has 0 aromatic heterocycles. The molecule has 390 valence electrons. The van der Waals surface area contributed by atoms with Crippen molar-refractivity contribution in [3.05, 3.63) is 202 Å². The van der Waals surface area contributed by atoms with Gasteiger partial charge in [0, 0.05) is 55.2 Å². The minimum atomic E-state index is -2.43. The van der Waals surface area contributed by atoms with Crippen LogP contribution in [-0.2, 0) is 32.5 Å². The van der Waals surface area contributed by atoms with Gasteiger partial charge in [0.2, 0.25) is 0 Å². The van der Waals surface area contributed by atoms with Gasteiger partial charge < -0.3 is 14.7 Å². The van der Waals surface area contributed by atoms with Crippen LogP contribution in [0.25, 0.3) is 11.1 Å². The molecule has 0 amide bonds. The van der Waals surface area contributed by atoms with Crippen molar-refractivity contribution < 1.29 is 4.11 Å². The van der Waals surface area contributed by atoms with Crippen molar-refractivity contribution in [3.63, 3.8) is 0 Å². The summed E-state index contributed by atoms with van der Waals surface area (Å²) < 4.78 is 28.2. The molecule has 2 aliphatic heterocycles. The predicted molar refractivity (Wildman–Crippen MR) is 333 cm³/mol. The molecule has 0 saturated heterocycles. The first-order chi connectivity index (χ1) is 37.4. The molecule has 0 atom stereocenters. The van der Waals surface area contributed by atoms with E-state index in [0.717, 1.165) is 87.0 Å². The highest BCUT2D eigenvalue weighted by atomic mass is 15.2. The molecule has 8 aromatic carbocycles.